The Balaban J connectivity index is 1.46. The number of halogens is 1. The van der Waals surface area contributed by atoms with Crippen LogP contribution in [0.2, 0.25) is 5.02 Å². The first-order valence-electron chi connectivity index (χ1n) is 10.2. The number of benzene rings is 2. The molecule has 156 valence electrons. The molecule has 1 atom stereocenters. The lowest BCUT2D eigenvalue weighted by Crippen LogP contribution is -2.37. The van der Waals surface area contributed by atoms with Gasteiger partial charge in [0.15, 0.2) is 5.82 Å². The third-order valence-electron chi connectivity index (χ3n) is 5.50. The van der Waals surface area contributed by atoms with Crippen LogP contribution in [0.25, 0.3) is 33.5 Å². The smallest absolute Gasteiger partial charge is 0.159 e. The van der Waals surface area contributed by atoms with E-state index in [0.29, 0.717) is 5.02 Å². The molecule has 0 aliphatic carbocycles. The lowest BCUT2D eigenvalue weighted by molar-refractivity contribution is 0.0505. The number of hydrogen-bond acceptors (Lipinski definition) is 5. The predicted octanol–water partition coefficient (Wildman–Crippen LogP) is 3.92. The molecule has 1 aliphatic rings. The highest BCUT2D eigenvalue weighted by atomic mass is 35.5. The number of rotatable bonds is 4. The predicted molar refractivity (Wildman–Crippen MR) is 121 cm³/mol. The van der Waals surface area contributed by atoms with Gasteiger partial charge in [0.05, 0.1) is 22.7 Å². The summed E-state index contributed by atoms with van der Waals surface area (Å²) >= 11 is 6.09. The summed E-state index contributed by atoms with van der Waals surface area (Å²) in [6, 6.07) is 12.1. The molecule has 2 N–H and O–H groups in total. The first-order chi connectivity index (χ1) is 14.6. The molecule has 2 aromatic heterocycles. The normalized spacial score (nSPS) is 17.9. The van der Waals surface area contributed by atoms with Gasteiger partial charge in [-0.3, -0.25) is 5.10 Å². The summed E-state index contributed by atoms with van der Waals surface area (Å²) in [5.41, 5.74) is 4.81. The topological polar surface area (TPSA) is 73.1 Å². The van der Waals surface area contributed by atoms with Crippen molar-refractivity contribution >= 4 is 39.2 Å². The van der Waals surface area contributed by atoms with Gasteiger partial charge in [-0.25, -0.2) is 4.98 Å². The molecule has 1 fully saturated rings. The minimum atomic E-state index is 0.206. The molecule has 2 aromatic carbocycles. The highest BCUT2D eigenvalue weighted by Gasteiger charge is 2.20. The van der Waals surface area contributed by atoms with E-state index in [1.165, 1.54) is 5.69 Å². The second-order valence-electron chi connectivity index (χ2n) is 8.10. The van der Waals surface area contributed by atoms with E-state index in [-0.39, 0.29) is 6.10 Å². The molecule has 3 heterocycles. The number of imidazole rings is 1. The van der Waals surface area contributed by atoms with Crippen molar-refractivity contribution in [2.75, 3.05) is 45.2 Å². The van der Waals surface area contributed by atoms with Crippen LogP contribution in [0.4, 0.5) is 5.69 Å². The fraction of sp³-hybridized carbons (Fsp3) is 0.364. The van der Waals surface area contributed by atoms with Crippen molar-refractivity contribution in [2.24, 2.45) is 0 Å². The SMILES string of the molecule is CN(C)CC1CN(c2ccc3nc(-c4n[nH]c5cc(Cl)ccc45)[nH]c3c2)CCCO1. The van der Waals surface area contributed by atoms with Crippen molar-refractivity contribution < 1.29 is 4.74 Å². The summed E-state index contributed by atoms with van der Waals surface area (Å²) in [5.74, 6) is 0.750. The highest BCUT2D eigenvalue weighted by molar-refractivity contribution is 6.31. The number of fused-ring (bicyclic) bond motifs is 2. The number of H-pyrrole nitrogens is 2. The molecule has 0 radical (unpaired) electrons. The second kappa shape index (κ2) is 7.91. The zero-order valence-corrected chi connectivity index (χ0v) is 17.9. The highest BCUT2D eigenvalue weighted by Crippen LogP contribution is 2.29. The van der Waals surface area contributed by atoms with Crippen LogP contribution >= 0.6 is 11.6 Å². The molecule has 30 heavy (non-hydrogen) atoms. The largest absolute Gasteiger partial charge is 0.375 e. The van der Waals surface area contributed by atoms with E-state index in [1.807, 2.05) is 18.2 Å². The van der Waals surface area contributed by atoms with E-state index in [0.717, 1.165) is 66.1 Å². The van der Waals surface area contributed by atoms with Crippen molar-refractivity contribution in [3.63, 3.8) is 0 Å². The van der Waals surface area contributed by atoms with Gasteiger partial charge in [-0.15, -0.1) is 0 Å². The Labute approximate surface area is 180 Å². The molecule has 0 saturated carbocycles. The summed E-state index contributed by atoms with van der Waals surface area (Å²) in [5, 5.41) is 9.17. The van der Waals surface area contributed by atoms with Crippen molar-refractivity contribution in [3.05, 3.63) is 41.4 Å². The minimum Gasteiger partial charge on any atom is -0.375 e. The van der Waals surface area contributed by atoms with Gasteiger partial charge in [0, 0.05) is 42.3 Å². The molecule has 4 aromatic rings. The second-order valence-corrected chi connectivity index (χ2v) is 8.54. The zero-order chi connectivity index (χ0) is 20.7. The van der Waals surface area contributed by atoms with E-state index in [4.69, 9.17) is 21.3 Å². The Hall–Kier alpha value is -2.61. The molecule has 0 amide bonds. The fourth-order valence-corrected chi connectivity index (χ4v) is 4.30. The van der Waals surface area contributed by atoms with E-state index in [2.05, 4.69) is 57.3 Å². The van der Waals surface area contributed by atoms with Crippen LogP contribution in [0, 0.1) is 0 Å². The maximum absolute atomic E-state index is 6.09. The van der Waals surface area contributed by atoms with Crippen LogP contribution in [0.15, 0.2) is 36.4 Å². The number of aromatic nitrogens is 4. The molecule has 0 bridgehead atoms. The number of likely N-dealkylation sites (N-methyl/N-ethyl adjacent to an activating group) is 1. The number of hydrogen-bond donors (Lipinski definition) is 2. The van der Waals surface area contributed by atoms with E-state index in [1.54, 1.807) is 0 Å². The summed E-state index contributed by atoms with van der Waals surface area (Å²) in [6.45, 7) is 3.60. The van der Waals surface area contributed by atoms with Crippen LogP contribution in [-0.4, -0.2) is 71.5 Å². The van der Waals surface area contributed by atoms with Crippen LogP contribution in [0.1, 0.15) is 6.42 Å². The first kappa shape index (κ1) is 19.4. The van der Waals surface area contributed by atoms with Gasteiger partial charge in [-0.05, 0) is 56.9 Å². The Kier molecular flexibility index (Phi) is 5.10. The van der Waals surface area contributed by atoms with Crippen molar-refractivity contribution in [1.29, 1.82) is 0 Å². The average molecular weight is 425 g/mol. The zero-order valence-electron chi connectivity index (χ0n) is 17.2. The molecule has 7 nitrogen and oxygen atoms in total. The van der Waals surface area contributed by atoms with Gasteiger partial charge in [-0.1, -0.05) is 11.6 Å². The van der Waals surface area contributed by atoms with Gasteiger partial charge >= 0.3 is 0 Å². The van der Waals surface area contributed by atoms with Gasteiger partial charge < -0.3 is 19.5 Å². The van der Waals surface area contributed by atoms with E-state index >= 15 is 0 Å². The average Bonchev–Trinajstić information content (AvgIpc) is 3.24. The molecule has 1 aliphatic heterocycles. The summed E-state index contributed by atoms with van der Waals surface area (Å²) in [7, 11) is 4.17. The first-order valence-corrected chi connectivity index (χ1v) is 10.6. The van der Waals surface area contributed by atoms with Gasteiger partial charge in [0.25, 0.3) is 0 Å². The quantitative estimate of drug-likeness (QED) is 0.519. The Morgan fingerprint density at radius 1 is 1.20 bits per heavy atom. The van der Waals surface area contributed by atoms with Gasteiger partial charge in [0.2, 0.25) is 0 Å². The summed E-state index contributed by atoms with van der Waals surface area (Å²) < 4.78 is 6.03. The molecule has 1 saturated heterocycles. The molecular weight excluding hydrogens is 400 g/mol. The number of anilines is 1. The number of nitrogens with one attached hydrogen (secondary N) is 2. The Morgan fingerprint density at radius 2 is 2.10 bits per heavy atom. The molecule has 8 heteroatoms. The summed E-state index contributed by atoms with van der Waals surface area (Å²) in [6.07, 6.45) is 1.23. The number of nitrogens with zero attached hydrogens (tertiary/aromatic N) is 4. The van der Waals surface area contributed by atoms with E-state index < -0.39 is 0 Å². The minimum absolute atomic E-state index is 0.206. The van der Waals surface area contributed by atoms with Crippen LogP contribution in [0.3, 0.4) is 0 Å². The van der Waals surface area contributed by atoms with Crippen LogP contribution in [-0.2, 0) is 4.74 Å². The van der Waals surface area contributed by atoms with Gasteiger partial charge in [0.1, 0.15) is 5.69 Å². The molecular formula is C22H25ClN6O. The third kappa shape index (κ3) is 3.76. The van der Waals surface area contributed by atoms with Crippen LogP contribution < -0.4 is 4.90 Å². The van der Waals surface area contributed by atoms with Crippen LogP contribution in [0.5, 0.6) is 0 Å². The lowest BCUT2D eigenvalue weighted by Gasteiger charge is -2.27. The molecule has 5 rings (SSSR count). The maximum Gasteiger partial charge on any atom is 0.159 e. The van der Waals surface area contributed by atoms with Crippen molar-refractivity contribution in [2.45, 2.75) is 12.5 Å². The Bertz CT molecular complexity index is 1180. The third-order valence-corrected chi connectivity index (χ3v) is 5.73. The monoisotopic (exact) mass is 424 g/mol. The number of aromatic amines is 2. The molecule has 0 spiro atoms. The standard InChI is InChI=1S/C22H25ClN6O/c1-28(2)12-16-13-29(8-3-9-30-16)15-5-7-18-20(11-15)25-22(24-18)21-17-6-4-14(23)10-19(17)26-27-21/h4-7,10-11,16H,3,8-9,12-13H2,1-2H3,(H,24,25)(H,26,27). The Morgan fingerprint density at radius 3 is 2.97 bits per heavy atom. The van der Waals surface area contributed by atoms with Gasteiger partial charge in [-0.2, -0.15) is 5.10 Å². The molecule has 1 unspecified atom stereocenters. The maximum atomic E-state index is 6.09. The number of ether oxygens (including phenoxy) is 1. The van der Waals surface area contributed by atoms with E-state index in [9.17, 15) is 0 Å². The van der Waals surface area contributed by atoms with Crippen molar-refractivity contribution in [1.82, 2.24) is 25.1 Å². The van der Waals surface area contributed by atoms with Crippen molar-refractivity contribution in [3.8, 4) is 11.5 Å². The lowest BCUT2D eigenvalue weighted by atomic mass is 10.2. The summed E-state index contributed by atoms with van der Waals surface area (Å²) in [4.78, 5) is 12.8. The fourth-order valence-electron chi connectivity index (χ4n) is 4.13.